The third kappa shape index (κ3) is 3.88. The van der Waals surface area contributed by atoms with Crippen molar-refractivity contribution in [3.8, 4) is 5.69 Å². The molecule has 2 aromatic heterocycles. The first-order chi connectivity index (χ1) is 14.1. The van der Waals surface area contributed by atoms with E-state index in [-0.39, 0.29) is 10.3 Å². The summed E-state index contributed by atoms with van der Waals surface area (Å²) < 4.78 is 30.4. The summed E-state index contributed by atoms with van der Waals surface area (Å²) in [5, 5.41) is 0.459. The molecule has 0 spiro atoms. The molecule has 0 fully saturated rings. The first-order valence-corrected chi connectivity index (χ1v) is 11.1. The van der Waals surface area contributed by atoms with E-state index in [0.29, 0.717) is 27.6 Å². The Morgan fingerprint density at radius 3 is 2.47 bits per heavy atom. The maximum atomic E-state index is 13.0. The Morgan fingerprint density at radius 2 is 1.77 bits per heavy atom. The molecule has 2 aromatic carbocycles. The summed E-state index contributed by atoms with van der Waals surface area (Å²) in [4.78, 5) is 12.6. The van der Waals surface area contributed by atoms with E-state index < -0.39 is 10.0 Å². The van der Waals surface area contributed by atoms with Crippen LogP contribution < -0.4 is 4.72 Å². The zero-order valence-electron chi connectivity index (χ0n) is 16.7. The van der Waals surface area contributed by atoms with Crippen LogP contribution >= 0.6 is 11.6 Å². The van der Waals surface area contributed by atoms with Crippen LogP contribution in [0.2, 0.25) is 5.02 Å². The monoisotopic (exact) mass is 441 g/mol. The number of hydrogen-bond donors (Lipinski definition) is 1. The van der Waals surface area contributed by atoms with Gasteiger partial charge in [0.05, 0.1) is 22.5 Å². The number of anilines is 1. The van der Waals surface area contributed by atoms with Gasteiger partial charge in [0.1, 0.15) is 18.2 Å². The number of fused-ring (bicyclic) bond motifs is 1. The molecule has 4 aromatic rings. The number of rotatable bonds is 4. The molecule has 0 radical (unpaired) electrons. The zero-order valence-corrected chi connectivity index (χ0v) is 18.2. The summed E-state index contributed by atoms with van der Waals surface area (Å²) in [5.41, 5.74) is 3.01. The molecule has 2 heterocycles. The number of aromatic nitrogens is 4. The lowest BCUT2D eigenvalue weighted by molar-refractivity contribution is 0.587. The Hall–Kier alpha value is -2.97. The Morgan fingerprint density at radius 1 is 1.03 bits per heavy atom. The van der Waals surface area contributed by atoms with E-state index >= 15 is 0 Å². The molecule has 0 unspecified atom stereocenters. The number of hydrogen-bond acceptors (Lipinski definition) is 5. The van der Waals surface area contributed by atoms with Gasteiger partial charge in [-0.3, -0.25) is 9.29 Å². The molecule has 0 aliphatic heterocycles. The van der Waals surface area contributed by atoms with E-state index in [1.54, 1.807) is 47.4 Å². The molecule has 4 rings (SSSR count). The van der Waals surface area contributed by atoms with E-state index in [1.165, 1.54) is 6.33 Å². The van der Waals surface area contributed by atoms with Gasteiger partial charge in [-0.25, -0.2) is 23.4 Å². The Balaban J connectivity index is 1.75. The second-order valence-electron chi connectivity index (χ2n) is 7.89. The molecule has 7 nitrogen and oxygen atoms in total. The van der Waals surface area contributed by atoms with Crippen LogP contribution in [0.1, 0.15) is 26.3 Å². The fourth-order valence-electron chi connectivity index (χ4n) is 3.08. The largest absolute Gasteiger partial charge is 0.294 e. The van der Waals surface area contributed by atoms with Crippen LogP contribution in [0.5, 0.6) is 0 Å². The lowest BCUT2D eigenvalue weighted by Crippen LogP contribution is -2.16. The number of halogens is 1. The molecule has 0 aliphatic rings. The smallest absolute Gasteiger partial charge is 0.261 e. The summed E-state index contributed by atoms with van der Waals surface area (Å²) in [6.07, 6.45) is 4.57. The predicted molar refractivity (Wildman–Crippen MR) is 118 cm³/mol. The number of nitrogens with zero attached hydrogens (tertiary/aromatic N) is 4. The van der Waals surface area contributed by atoms with Gasteiger partial charge in [0.2, 0.25) is 0 Å². The van der Waals surface area contributed by atoms with Crippen molar-refractivity contribution in [3.05, 3.63) is 71.9 Å². The fraction of sp³-hybridized carbons (Fsp3) is 0.190. The minimum absolute atomic E-state index is 0.0659. The molecule has 30 heavy (non-hydrogen) atoms. The third-order valence-electron chi connectivity index (χ3n) is 4.72. The van der Waals surface area contributed by atoms with E-state index in [4.69, 9.17) is 11.6 Å². The number of benzene rings is 2. The van der Waals surface area contributed by atoms with Gasteiger partial charge < -0.3 is 0 Å². The van der Waals surface area contributed by atoms with Crippen molar-refractivity contribution in [2.45, 2.75) is 31.1 Å². The maximum Gasteiger partial charge on any atom is 0.261 e. The maximum absolute atomic E-state index is 13.0. The molecule has 0 atom stereocenters. The van der Waals surface area contributed by atoms with Gasteiger partial charge in [0, 0.05) is 5.02 Å². The molecule has 0 amide bonds. The van der Waals surface area contributed by atoms with Crippen LogP contribution in [-0.2, 0) is 15.4 Å². The van der Waals surface area contributed by atoms with Crippen molar-refractivity contribution in [3.63, 3.8) is 0 Å². The number of nitrogens with one attached hydrogen (secondary N) is 1. The highest BCUT2D eigenvalue weighted by atomic mass is 35.5. The van der Waals surface area contributed by atoms with Crippen LogP contribution in [0.3, 0.4) is 0 Å². The van der Waals surface area contributed by atoms with E-state index in [9.17, 15) is 8.42 Å². The second-order valence-corrected chi connectivity index (χ2v) is 10.0. The van der Waals surface area contributed by atoms with Crippen molar-refractivity contribution in [1.82, 2.24) is 19.5 Å². The first-order valence-electron chi connectivity index (χ1n) is 9.21. The lowest BCUT2D eigenvalue weighted by atomic mass is 9.87. The molecule has 0 saturated carbocycles. The summed E-state index contributed by atoms with van der Waals surface area (Å²) in [5.74, 6) is 0. The van der Waals surface area contributed by atoms with Gasteiger partial charge >= 0.3 is 0 Å². The van der Waals surface area contributed by atoms with Crippen molar-refractivity contribution in [2.24, 2.45) is 0 Å². The third-order valence-corrected chi connectivity index (χ3v) is 6.34. The van der Waals surface area contributed by atoms with Gasteiger partial charge in [-0.1, -0.05) is 44.5 Å². The normalized spacial score (nSPS) is 12.3. The van der Waals surface area contributed by atoms with E-state index in [1.807, 2.05) is 12.1 Å². The van der Waals surface area contributed by atoms with Gasteiger partial charge in [0.15, 0.2) is 5.65 Å². The first kappa shape index (κ1) is 20.3. The molecule has 0 saturated heterocycles. The molecule has 1 N–H and O–H groups in total. The van der Waals surface area contributed by atoms with E-state index in [2.05, 4.69) is 40.4 Å². The van der Waals surface area contributed by atoms with E-state index in [0.717, 1.165) is 5.56 Å². The highest BCUT2D eigenvalue weighted by molar-refractivity contribution is 7.92. The summed E-state index contributed by atoms with van der Waals surface area (Å²) in [6, 6.07) is 11.8. The minimum Gasteiger partial charge on any atom is -0.294 e. The van der Waals surface area contributed by atoms with Crippen LogP contribution in [0.4, 0.5) is 5.69 Å². The van der Waals surface area contributed by atoms with Crippen LogP contribution in [0.25, 0.3) is 16.9 Å². The average molecular weight is 442 g/mol. The molecular weight excluding hydrogens is 422 g/mol. The Bertz CT molecular complexity index is 1330. The fourth-order valence-corrected chi connectivity index (χ4v) is 4.32. The highest BCUT2D eigenvalue weighted by Gasteiger charge is 2.20. The van der Waals surface area contributed by atoms with Crippen molar-refractivity contribution >= 4 is 38.5 Å². The summed E-state index contributed by atoms with van der Waals surface area (Å²) in [6.45, 7) is 6.23. The second kappa shape index (κ2) is 7.37. The summed E-state index contributed by atoms with van der Waals surface area (Å²) in [7, 11) is -3.81. The molecule has 0 aliphatic carbocycles. The Kier molecular flexibility index (Phi) is 4.99. The topological polar surface area (TPSA) is 89.8 Å². The van der Waals surface area contributed by atoms with Gasteiger partial charge in [-0.05, 0) is 41.3 Å². The zero-order chi connectivity index (χ0) is 21.5. The predicted octanol–water partition coefficient (Wildman–Crippen LogP) is 4.57. The van der Waals surface area contributed by atoms with Crippen molar-refractivity contribution < 1.29 is 8.42 Å². The van der Waals surface area contributed by atoms with Crippen molar-refractivity contribution in [1.29, 1.82) is 0 Å². The standard InChI is InChI=1S/C21H20ClN5O2S/c1-21(2,3)14-4-7-16(8-5-14)30(28,29)26-17-9-6-15(22)10-18(17)27-13-25-20-19(27)11-23-12-24-20/h4-13,26H,1-3H3. The van der Waals surface area contributed by atoms with Crippen molar-refractivity contribution in [2.75, 3.05) is 4.72 Å². The average Bonchev–Trinajstić information content (AvgIpc) is 3.13. The van der Waals surface area contributed by atoms with Crippen LogP contribution in [0.15, 0.2) is 66.2 Å². The van der Waals surface area contributed by atoms with Gasteiger partial charge in [-0.2, -0.15) is 0 Å². The number of imidazole rings is 1. The summed E-state index contributed by atoms with van der Waals surface area (Å²) >= 11 is 6.19. The quantitative estimate of drug-likeness (QED) is 0.501. The van der Waals surface area contributed by atoms with Gasteiger partial charge in [0.25, 0.3) is 10.0 Å². The molecule has 154 valence electrons. The molecule has 0 bridgehead atoms. The van der Waals surface area contributed by atoms with Crippen LogP contribution in [0, 0.1) is 0 Å². The minimum atomic E-state index is -3.81. The number of sulfonamides is 1. The SMILES string of the molecule is CC(C)(C)c1ccc(S(=O)(=O)Nc2ccc(Cl)cc2-n2cnc3ncncc32)cc1. The molecular formula is C21H20ClN5O2S. The molecule has 9 heteroatoms. The highest BCUT2D eigenvalue weighted by Crippen LogP contribution is 2.30. The Labute approximate surface area is 179 Å². The lowest BCUT2D eigenvalue weighted by Gasteiger charge is -2.19. The van der Waals surface area contributed by atoms with Gasteiger partial charge in [-0.15, -0.1) is 0 Å². The van der Waals surface area contributed by atoms with Crippen LogP contribution in [-0.4, -0.2) is 27.9 Å².